The van der Waals surface area contributed by atoms with Crippen LogP contribution in [0.4, 0.5) is 0 Å². The highest BCUT2D eigenvalue weighted by Gasteiger charge is 2.01. The predicted octanol–water partition coefficient (Wildman–Crippen LogP) is 2.59. The summed E-state index contributed by atoms with van der Waals surface area (Å²) in [7, 11) is 0. The molecule has 0 radical (unpaired) electrons. The third-order valence-corrected chi connectivity index (χ3v) is 3.33. The van der Waals surface area contributed by atoms with Gasteiger partial charge in [0.25, 0.3) is 0 Å². The Morgan fingerprint density at radius 1 is 1.35 bits per heavy atom. The van der Waals surface area contributed by atoms with Gasteiger partial charge in [0.15, 0.2) is 0 Å². The SMILES string of the molecule is O=C(O)CCCNCc1cnn(-c2ccc(Br)cc2)c1. The number of aromatic nitrogens is 2. The molecule has 2 rings (SSSR count). The van der Waals surface area contributed by atoms with Gasteiger partial charge in [0.2, 0.25) is 0 Å². The fraction of sp³-hybridized carbons (Fsp3) is 0.286. The second kappa shape index (κ2) is 7.21. The monoisotopic (exact) mass is 337 g/mol. The topological polar surface area (TPSA) is 67.2 Å². The van der Waals surface area contributed by atoms with E-state index < -0.39 is 5.97 Å². The van der Waals surface area contributed by atoms with Gasteiger partial charge in [-0.2, -0.15) is 5.10 Å². The highest BCUT2D eigenvalue weighted by molar-refractivity contribution is 9.10. The lowest BCUT2D eigenvalue weighted by molar-refractivity contribution is -0.137. The number of nitrogens with zero attached hydrogens (tertiary/aromatic N) is 2. The van der Waals surface area contributed by atoms with Gasteiger partial charge in [-0.15, -0.1) is 0 Å². The summed E-state index contributed by atoms with van der Waals surface area (Å²) in [5, 5.41) is 16.1. The van der Waals surface area contributed by atoms with E-state index in [1.165, 1.54) is 0 Å². The molecule has 0 amide bonds. The minimum atomic E-state index is -0.755. The van der Waals surface area contributed by atoms with Crippen molar-refractivity contribution in [3.63, 3.8) is 0 Å². The molecule has 1 heterocycles. The molecule has 2 aromatic rings. The standard InChI is InChI=1S/C14H16BrN3O2/c15-12-3-5-13(6-4-12)18-10-11(9-17-18)8-16-7-1-2-14(19)20/h3-6,9-10,16H,1-2,7-8H2,(H,19,20). The van der Waals surface area contributed by atoms with Gasteiger partial charge in [-0.25, -0.2) is 4.68 Å². The van der Waals surface area contributed by atoms with Crippen LogP contribution in [-0.2, 0) is 11.3 Å². The fourth-order valence-electron chi connectivity index (χ4n) is 1.78. The van der Waals surface area contributed by atoms with Crippen LogP contribution >= 0.6 is 15.9 Å². The molecule has 5 nitrogen and oxygen atoms in total. The molecular weight excluding hydrogens is 322 g/mol. The van der Waals surface area contributed by atoms with Crippen LogP contribution in [0.5, 0.6) is 0 Å². The summed E-state index contributed by atoms with van der Waals surface area (Å²) in [6.45, 7) is 1.38. The van der Waals surface area contributed by atoms with Gasteiger partial charge >= 0.3 is 5.97 Å². The van der Waals surface area contributed by atoms with Crippen molar-refractivity contribution in [2.24, 2.45) is 0 Å². The van der Waals surface area contributed by atoms with Crippen LogP contribution in [0.1, 0.15) is 18.4 Å². The number of aliphatic carboxylic acids is 1. The molecule has 0 unspecified atom stereocenters. The van der Waals surface area contributed by atoms with Crippen molar-refractivity contribution in [2.45, 2.75) is 19.4 Å². The number of carboxylic acids is 1. The van der Waals surface area contributed by atoms with Crippen LogP contribution in [0.25, 0.3) is 5.69 Å². The van der Waals surface area contributed by atoms with Crippen molar-refractivity contribution >= 4 is 21.9 Å². The highest BCUT2D eigenvalue weighted by Crippen LogP contribution is 2.13. The molecule has 0 aliphatic heterocycles. The number of hydrogen-bond donors (Lipinski definition) is 2. The molecule has 20 heavy (non-hydrogen) atoms. The van der Waals surface area contributed by atoms with E-state index in [0.29, 0.717) is 19.5 Å². The molecule has 6 heteroatoms. The number of halogens is 1. The van der Waals surface area contributed by atoms with Crippen LogP contribution in [0, 0.1) is 0 Å². The Bertz CT molecular complexity index is 566. The molecule has 1 aromatic carbocycles. The van der Waals surface area contributed by atoms with Crippen molar-refractivity contribution in [3.8, 4) is 5.69 Å². The van der Waals surface area contributed by atoms with Gasteiger partial charge in [0, 0.05) is 29.2 Å². The largest absolute Gasteiger partial charge is 0.481 e. The second-order valence-electron chi connectivity index (χ2n) is 4.44. The van der Waals surface area contributed by atoms with Crippen LogP contribution in [0.3, 0.4) is 0 Å². The summed E-state index contributed by atoms with van der Waals surface area (Å²) in [6, 6.07) is 7.92. The van der Waals surface area contributed by atoms with Gasteiger partial charge in [-0.05, 0) is 37.2 Å². The first-order valence-corrected chi connectivity index (χ1v) is 7.16. The summed E-state index contributed by atoms with van der Waals surface area (Å²) in [6.07, 6.45) is 4.61. The summed E-state index contributed by atoms with van der Waals surface area (Å²) >= 11 is 3.40. The Balaban J connectivity index is 1.83. The molecule has 0 fully saturated rings. The number of carboxylic acid groups (broad SMARTS) is 1. The lowest BCUT2D eigenvalue weighted by Crippen LogP contribution is -2.15. The summed E-state index contributed by atoms with van der Waals surface area (Å²) in [5.41, 5.74) is 2.08. The third-order valence-electron chi connectivity index (χ3n) is 2.80. The first-order valence-electron chi connectivity index (χ1n) is 6.37. The Morgan fingerprint density at radius 2 is 2.10 bits per heavy atom. The van der Waals surface area contributed by atoms with Crippen LogP contribution in [0.2, 0.25) is 0 Å². The normalized spacial score (nSPS) is 10.7. The van der Waals surface area contributed by atoms with Crippen molar-refractivity contribution in [2.75, 3.05) is 6.54 Å². The van der Waals surface area contributed by atoms with E-state index in [2.05, 4.69) is 26.3 Å². The maximum absolute atomic E-state index is 10.4. The average molecular weight is 338 g/mol. The lowest BCUT2D eigenvalue weighted by Gasteiger charge is -2.02. The zero-order valence-electron chi connectivity index (χ0n) is 10.9. The molecule has 0 saturated carbocycles. The van der Waals surface area contributed by atoms with Crippen LogP contribution in [-0.4, -0.2) is 27.4 Å². The van der Waals surface area contributed by atoms with E-state index in [0.717, 1.165) is 15.7 Å². The Labute approximate surface area is 125 Å². The maximum Gasteiger partial charge on any atom is 0.303 e. The smallest absolute Gasteiger partial charge is 0.303 e. The Morgan fingerprint density at radius 3 is 2.80 bits per heavy atom. The van der Waals surface area contributed by atoms with Gasteiger partial charge in [-0.1, -0.05) is 15.9 Å². The van der Waals surface area contributed by atoms with Crippen LogP contribution < -0.4 is 5.32 Å². The molecular formula is C14H16BrN3O2. The molecule has 0 atom stereocenters. The summed E-state index contributed by atoms with van der Waals surface area (Å²) in [5.74, 6) is -0.755. The minimum absolute atomic E-state index is 0.200. The van der Waals surface area contributed by atoms with Crippen molar-refractivity contribution in [1.29, 1.82) is 0 Å². The molecule has 0 saturated heterocycles. The Hall–Kier alpha value is -1.66. The highest BCUT2D eigenvalue weighted by atomic mass is 79.9. The molecule has 0 bridgehead atoms. The molecule has 0 spiro atoms. The number of nitrogens with one attached hydrogen (secondary N) is 1. The maximum atomic E-state index is 10.4. The second-order valence-corrected chi connectivity index (χ2v) is 5.36. The first-order chi connectivity index (χ1) is 9.65. The summed E-state index contributed by atoms with van der Waals surface area (Å²) in [4.78, 5) is 10.4. The zero-order valence-corrected chi connectivity index (χ0v) is 12.5. The predicted molar refractivity (Wildman–Crippen MR) is 79.8 cm³/mol. The van der Waals surface area contributed by atoms with E-state index in [4.69, 9.17) is 5.11 Å². The Kier molecular flexibility index (Phi) is 5.31. The van der Waals surface area contributed by atoms with Gasteiger partial charge in [-0.3, -0.25) is 4.79 Å². The summed E-state index contributed by atoms with van der Waals surface area (Å²) < 4.78 is 2.86. The quantitative estimate of drug-likeness (QED) is 0.762. The van der Waals surface area contributed by atoms with Gasteiger partial charge in [0.05, 0.1) is 11.9 Å². The van der Waals surface area contributed by atoms with Gasteiger partial charge < -0.3 is 10.4 Å². The number of benzene rings is 1. The molecule has 0 aliphatic carbocycles. The molecule has 106 valence electrons. The lowest BCUT2D eigenvalue weighted by atomic mass is 10.3. The molecule has 2 N–H and O–H groups in total. The van der Waals surface area contributed by atoms with E-state index in [9.17, 15) is 4.79 Å². The first kappa shape index (κ1) is 14.7. The third kappa shape index (κ3) is 4.47. The van der Waals surface area contributed by atoms with E-state index in [1.54, 1.807) is 0 Å². The van der Waals surface area contributed by atoms with E-state index in [1.807, 2.05) is 41.3 Å². The van der Waals surface area contributed by atoms with Crippen molar-refractivity contribution in [3.05, 3.63) is 46.7 Å². The van der Waals surface area contributed by atoms with Gasteiger partial charge in [0.1, 0.15) is 0 Å². The average Bonchev–Trinajstić information content (AvgIpc) is 2.87. The van der Waals surface area contributed by atoms with E-state index in [-0.39, 0.29) is 6.42 Å². The minimum Gasteiger partial charge on any atom is -0.481 e. The molecule has 1 aromatic heterocycles. The van der Waals surface area contributed by atoms with Crippen molar-refractivity contribution < 1.29 is 9.90 Å². The molecule has 0 aliphatic rings. The number of hydrogen-bond acceptors (Lipinski definition) is 3. The van der Waals surface area contributed by atoms with Crippen LogP contribution in [0.15, 0.2) is 41.1 Å². The number of carbonyl (C=O) groups is 1. The fourth-order valence-corrected chi connectivity index (χ4v) is 2.05. The zero-order chi connectivity index (χ0) is 14.4. The number of rotatable bonds is 7. The van der Waals surface area contributed by atoms with Crippen molar-refractivity contribution in [1.82, 2.24) is 15.1 Å². The van der Waals surface area contributed by atoms with E-state index >= 15 is 0 Å².